The van der Waals surface area contributed by atoms with Gasteiger partial charge in [-0.15, -0.1) is 0 Å². The molecule has 0 radical (unpaired) electrons. The van der Waals surface area contributed by atoms with Gasteiger partial charge in [0.1, 0.15) is 11.9 Å². The topological polar surface area (TPSA) is 105 Å². The summed E-state index contributed by atoms with van der Waals surface area (Å²) in [5, 5.41) is 0. The summed E-state index contributed by atoms with van der Waals surface area (Å²) in [5.41, 5.74) is 0. The Labute approximate surface area is 91.6 Å². The Balaban J connectivity index is 1.99. The van der Waals surface area contributed by atoms with Crippen molar-refractivity contribution in [2.75, 3.05) is 19.0 Å². The van der Waals surface area contributed by atoms with Crippen LogP contribution in [0, 0.1) is 0 Å². The number of phosphoric ester groups is 1. The second kappa shape index (κ2) is 4.08. The van der Waals surface area contributed by atoms with Crippen LogP contribution in [0.2, 0.25) is 0 Å². The maximum absolute atomic E-state index is 11.7. The van der Waals surface area contributed by atoms with Crippen molar-refractivity contribution in [2.45, 2.75) is 12.5 Å². The van der Waals surface area contributed by atoms with E-state index in [9.17, 15) is 17.8 Å². The van der Waals surface area contributed by atoms with Gasteiger partial charge in [0.05, 0.1) is 19.6 Å². The maximum atomic E-state index is 11.7. The molecule has 2 rings (SSSR count). The highest BCUT2D eigenvalue weighted by Crippen LogP contribution is 2.53. The minimum Gasteiger partial charge on any atom is -0.370 e. The van der Waals surface area contributed by atoms with Gasteiger partial charge in [-0.05, 0) is 0 Å². The van der Waals surface area contributed by atoms with Crippen molar-refractivity contribution in [1.82, 2.24) is 0 Å². The van der Waals surface area contributed by atoms with E-state index in [1.807, 2.05) is 0 Å². The van der Waals surface area contributed by atoms with Crippen LogP contribution in [-0.4, -0.2) is 39.5 Å². The van der Waals surface area contributed by atoms with Crippen LogP contribution in [0.5, 0.6) is 0 Å². The maximum Gasteiger partial charge on any atom is 0.532 e. The van der Waals surface area contributed by atoms with Gasteiger partial charge in [0, 0.05) is 0 Å². The molecule has 8 nitrogen and oxygen atoms in total. The van der Waals surface area contributed by atoms with Crippen molar-refractivity contribution in [3.05, 3.63) is 0 Å². The second-order valence-electron chi connectivity index (χ2n) is 3.23. The van der Waals surface area contributed by atoms with Crippen LogP contribution in [0.4, 0.5) is 0 Å². The molecule has 16 heavy (non-hydrogen) atoms. The van der Waals surface area contributed by atoms with E-state index in [4.69, 9.17) is 9.05 Å². The number of rotatable bonds is 2. The summed E-state index contributed by atoms with van der Waals surface area (Å²) in [4.78, 5) is 10.9. The van der Waals surface area contributed by atoms with Gasteiger partial charge in [-0.2, -0.15) is 8.42 Å². The van der Waals surface area contributed by atoms with Crippen LogP contribution in [-0.2, 0) is 37.2 Å². The minimum absolute atomic E-state index is 0.00713. The standard InChI is InChI=1S/C6H9O8PS/c7-6-1-2-11-15(8,14-6)13-5-3-12-16(9,10)4-5/h5H,1-4H2. The molecule has 92 valence electrons. The molecule has 0 N–H and O–H groups in total. The van der Waals surface area contributed by atoms with Crippen LogP contribution in [0.1, 0.15) is 6.42 Å². The molecule has 0 saturated carbocycles. The lowest BCUT2D eigenvalue weighted by Crippen LogP contribution is -2.22. The van der Waals surface area contributed by atoms with Crippen LogP contribution >= 0.6 is 7.82 Å². The van der Waals surface area contributed by atoms with E-state index in [1.54, 1.807) is 0 Å². The van der Waals surface area contributed by atoms with Crippen LogP contribution in [0.3, 0.4) is 0 Å². The van der Waals surface area contributed by atoms with Crippen LogP contribution < -0.4 is 0 Å². The predicted molar refractivity (Wildman–Crippen MR) is 48.9 cm³/mol. The summed E-state index contributed by atoms with van der Waals surface area (Å²) in [7, 11) is -7.60. The molecule has 0 amide bonds. The average Bonchev–Trinajstić information content (AvgIpc) is 2.43. The second-order valence-corrected chi connectivity index (χ2v) is 6.46. The molecule has 2 saturated heterocycles. The molecule has 0 bridgehead atoms. The molecular weight excluding hydrogens is 263 g/mol. The summed E-state index contributed by atoms with van der Waals surface area (Å²) in [6.45, 7) is -0.330. The molecule has 2 aliphatic rings. The van der Waals surface area contributed by atoms with Crippen molar-refractivity contribution in [1.29, 1.82) is 0 Å². The largest absolute Gasteiger partial charge is 0.532 e. The van der Waals surface area contributed by atoms with Gasteiger partial charge < -0.3 is 4.52 Å². The fourth-order valence-corrected chi connectivity index (χ4v) is 3.72. The average molecular weight is 272 g/mol. The fourth-order valence-electron chi connectivity index (χ4n) is 1.24. The van der Waals surface area contributed by atoms with Gasteiger partial charge in [-0.3, -0.25) is 18.0 Å². The van der Waals surface area contributed by atoms with Crippen molar-refractivity contribution >= 4 is 23.9 Å². The third-order valence-corrected chi connectivity index (χ3v) is 4.63. The van der Waals surface area contributed by atoms with E-state index in [2.05, 4.69) is 8.71 Å². The number of carbonyl (C=O) groups excluding carboxylic acids is 1. The van der Waals surface area contributed by atoms with E-state index >= 15 is 0 Å². The highest BCUT2D eigenvalue weighted by Gasteiger charge is 2.42. The molecule has 2 atom stereocenters. The minimum atomic E-state index is -3.97. The highest BCUT2D eigenvalue weighted by molar-refractivity contribution is 7.87. The lowest BCUT2D eigenvalue weighted by Gasteiger charge is -2.22. The Morgan fingerprint density at radius 3 is 2.75 bits per heavy atom. The molecule has 0 spiro atoms. The van der Waals surface area contributed by atoms with Gasteiger partial charge in [-0.25, -0.2) is 4.57 Å². The highest BCUT2D eigenvalue weighted by atomic mass is 32.2. The third kappa shape index (κ3) is 2.80. The molecule has 0 aliphatic carbocycles. The Morgan fingerprint density at radius 2 is 2.19 bits per heavy atom. The van der Waals surface area contributed by atoms with E-state index in [1.165, 1.54) is 0 Å². The molecular formula is C6H9O8PS. The molecule has 2 heterocycles. The van der Waals surface area contributed by atoms with E-state index in [0.717, 1.165) is 0 Å². The van der Waals surface area contributed by atoms with Gasteiger partial charge >= 0.3 is 13.8 Å². The molecule has 2 unspecified atom stereocenters. The zero-order chi connectivity index (χ0) is 11.8. The molecule has 0 aromatic rings. The predicted octanol–water partition coefficient (Wildman–Crippen LogP) is -0.197. The quantitative estimate of drug-likeness (QED) is 0.502. The third-order valence-electron chi connectivity index (χ3n) is 1.87. The monoisotopic (exact) mass is 272 g/mol. The van der Waals surface area contributed by atoms with E-state index in [-0.39, 0.29) is 19.6 Å². The normalized spacial score (nSPS) is 38.2. The van der Waals surface area contributed by atoms with Gasteiger partial charge in [0.25, 0.3) is 10.1 Å². The number of carbonyl (C=O) groups is 1. The molecule has 10 heteroatoms. The first-order valence-electron chi connectivity index (χ1n) is 4.41. The summed E-state index contributed by atoms with van der Waals surface area (Å²) >= 11 is 0. The summed E-state index contributed by atoms with van der Waals surface area (Å²) in [6.07, 6.45) is -0.950. The van der Waals surface area contributed by atoms with E-state index < -0.39 is 35.8 Å². The first kappa shape index (κ1) is 12.0. The van der Waals surface area contributed by atoms with Crippen molar-refractivity contribution < 1.29 is 35.5 Å². The van der Waals surface area contributed by atoms with Gasteiger partial charge in [-0.1, -0.05) is 0 Å². The van der Waals surface area contributed by atoms with Crippen molar-refractivity contribution in [2.24, 2.45) is 0 Å². The van der Waals surface area contributed by atoms with Crippen molar-refractivity contribution in [3.63, 3.8) is 0 Å². The number of hydrogen-bond acceptors (Lipinski definition) is 8. The first-order valence-corrected chi connectivity index (χ1v) is 7.45. The zero-order valence-corrected chi connectivity index (χ0v) is 9.74. The van der Waals surface area contributed by atoms with Crippen LogP contribution in [0.25, 0.3) is 0 Å². The van der Waals surface area contributed by atoms with E-state index in [0.29, 0.717) is 0 Å². The summed E-state index contributed by atoms with van der Waals surface area (Å²) in [5.74, 6) is -1.13. The molecule has 0 aromatic heterocycles. The Morgan fingerprint density at radius 1 is 1.44 bits per heavy atom. The lowest BCUT2D eigenvalue weighted by atomic mass is 10.5. The number of hydrogen-bond donors (Lipinski definition) is 0. The van der Waals surface area contributed by atoms with Gasteiger partial charge in [0.2, 0.25) is 0 Å². The Bertz CT molecular complexity index is 441. The van der Waals surface area contributed by atoms with Gasteiger partial charge in [0.15, 0.2) is 0 Å². The molecule has 0 aromatic carbocycles. The smallest absolute Gasteiger partial charge is 0.370 e. The lowest BCUT2D eigenvalue weighted by molar-refractivity contribution is -0.140. The fraction of sp³-hybridized carbons (Fsp3) is 0.833. The van der Waals surface area contributed by atoms with Crippen molar-refractivity contribution in [3.8, 4) is 0 Å². The summed E-state index contributed by atoms with van der Waals surface area (Å²) in [6, 6.07) is 0. The Hall–Kier alpha value is -0.470. The first-order chi connectivity index (χ1) is 7.39. The molecule has 2 fully saturated rings. The van der Waals surface area contributed by atoms with Crippen LogP contribution in [0.15, 0.2) is 0 Å². The SMILES string of the molecule is O=C1CCOP(=O)(OC2COS(=O)(=O)C2)O1. The Kier molecular flexibility index (Phi) is 3.06. The molecule has 2 aliphatic heterocycles. The number of phosphoric acid groups is 1. The zero-order valence-electron chi connectivity index (χ0n) is 8.03. The summed E-state index contributed by atoms with van der Waals surface area (Å²) < 4.78 is 51.9.